The van der Waals surface area contributed by atoms with Crippen molar-refractivity contribution in [3.05, 3.63) is 0 Å². The molecule has 0 aromatic carbocycles. The van der Waals surface area contributed by atoms with Gasteiger partial charge < -0.3 is 29.2 Å². The Balaban J connectivity index is 4.03. The molecule has 0 saturated heterocycles. The number of ether oxygens (including phenoxy) is 4. The van der Waals surface area contributed by atoms with E-state index in [1.54, 1.807) is 0 Å². The molecule has 0 aromatic rings. The first-order chi connectivity index (χ1) is 11.4. The summed E-state index contributed by atoms with van der Waals surface area (Å²) in [4.78, 5) is 21.0. The number of rotatable bonds is 16. The maximum Gasteiger partial charge on any atom is 0.329 e. The molecule has 0 rings (SSSR count). The second-order valence-electron chi connectivity index (χ2n) is 5.37. The highest BCUT2D eigenvalue weighted by molar-refractivity contribution is 5.68. The monoisotopic (exact) mass is 350 g/mol. The Bertz CT molecular complexity index is 347. The Morgan fingerprint density at radius 1 is 0.708 bits per heavy atom. The molecule has 0 amide bonds. The highest BCUT2D eigenvalue weighted by atomic mass is 16.6. The van der Waals surface area contributed by atoms with Crippen molar-refractivity contribution in [3.63, 3.8) is 0 Å². The third kappa shape index (κ3) is 12.2. The average Bonchev–Trinajstić information content (AvgIpc) is 2.55. The number of hydrogen-bond acceptors (Lipinski definition) is 6. The van der Waals surface area contributed by atoms with Gasteiger partial charge in [-0.2, -0.15) is 0 Å². The molecule has 0 aromatic heterocycles. The smallest absolute Gasteiger partial charge is 0.329 e. The summed E-state index contributed by atoms with van der Waals surface area (Å²) < 4.78 is 21.7. The number of carbonyl (C=O) groups is 2. The number of carboxylic acid groups (broad SMARTS) is 2. The molecule has 0 heterocycles. The van der Waals surface area contributed by atoms with Crippen molar-refractivity contribution in [2.75, 3.05) is 33.0 Å². The van der Waals surface area contributed by atoms with Crippen molar-refractivity contribution in [2.45, 2.75) is 58.3 Å². The van der Waals surface area contributed by atoms with Crippen LogP contribution < -0.4 is 0 Å². The minimum atomic E-state index is -1.00. The fraction of sp³-hybridized carbons (Fsp3) is 0.875. The van der Waals surface area contributed by atoms with Gasteiger partial charge in [0.05, 0.1) is 38.1 Å². The van der Waals surface area contributed by atoms with Crippen LogP contribution in [0.3, 0.4) is 0 Å². The molecule has 8 nitrogen and oxygen atoms in total. The van der Waals surface area contributed by atoms with E-state index in [-0.39, 0.29) is 31.5 Å². The molecule has 0 fully saturated rings. The Morgan fingerprint density at radius 2 is 1.08 bits per heavy atom. The highest BCUT2D eigenvalue weighted by Crippen LogP contribution is 2.06. The third-order valence-corrected chi connectivity index (χ3v) is 3.38. The van der Waals surface area contributed by atoms with Crippen molar-refractivity contribution in [2.24, 2.45) is 0 Å². The highest BCUT2D eigenvalue weighted by Gasteiger charge is 2.15. The van der Waals surface area contributed by atoms with Gasteiger partial charge in [0.1, 0.15) is 13.2 Å². The fourth-order valence-electron chi connectivity index (χ4n) is 1.80. The molecule has 0 bridgehead atoms. The van der Waals surface area contributed by atoms with E-state index in [0.717, 1.165) is 6.42 Å². The van der Waals surface area contributed by atoms with Gasteiger partial charge in [-0.3, -0.25) is 0 Å². The van der Waals surface area contributed by atoms with Crippen LogP contribution in [0.5, 0.6) is 0 Å². The molecule has 0 saturated carbocycles. The lowest BCUT2D eigenvalue weighted by Gasteiger charge is -2.22. The maximum absolute atomic E-state index is 10.5. The Hall–Kier alpha value is -1.22. The van der Waals surface area contributed by atoms with Gasteiger partial charge in [0.25, 0.3) is 0 Å². The first-order valence-corrected chi connectivity index (χ1v) is 8.28. The van der Waals surface area contributed by atoms with E-state index in [0.29, 0.717) is 32.7 Å². The molecule has 2 N–H and O–H groups in total. The van der Waals surface area contributed by atoms with Gasteiger partial charge in [0.2, 0.25) is 0 Å². The molecule has 3 unspecified atom stereocenters. The van der Waals surface area contributed by atoms with E-state index in [4.69, 9.17) is 29.2 Å². The summed E-state index contributed by atoms with van der Waals surface area (Å²) in [6, 6.07) is 0. The molecule has 142 valence electrons. The Morgan fingerprint density at radius 3 is 1.46 bits per heavy atom. The molecular formula is C16H30O8. The maximum atomic E-state index is 10.5. The summed E-state index contributed by atoms with van der Waals surface area (Å²) in [5.41, 5.74) is 0. The van der Waals surface area contributed by atoms with Crippen LogP contribution >= 0.6 is 0 Å². The van der Waals surface area contributed by atoms with Crippen LogP contribution in [0.1, 0.15) is 40.0 Å². The second kappa shape index (κ2) is 14.2. The minimum absolute atomic E-state index is 0.135. The van der Waals surface area contributed by atoms with Crippen molar-refractivity contribution < 1.29 is 38.7 Å². The van der Waals surface area contributed by atoms with Crippen LogP contribution in [0.4, 0.5) is 0 Å². The van der Waals surface area contributed by atoms with E-state index >= 15 is 0 Å². The molecule has 8 heteroatoms. The lowest BCUT2D eigenvalue weighted by Crippen LogP contribution is -2.29. The Kier molecular flexibility index (Phi) is 13.4. The summed E-state index contributed by atoms with van der Waals surface area (Å²) in [5.74, 6) is -2.01. The predicted molar refractivity (Wildman–Crippen MR) is 86.2 cm³/mol. The van der Waals surface area contributed by atoms with Gasteiger partial charge in [0.15, 0.2) is 0 Å². The molecule has 0 radical (unpaired) electrons. The molecule has 0 aliphatic rings. The van der Waals surface area contributed by atoms with Gasteiger partial charge in [-0.25, -0.2) is 9.59 Å². The zero-order valence-electron chi connectivity index (χ0n) is 14.7. The summed E-state index contributed by atoms with van der Waals surface area (Å²) in [6.45, 7) is 6.05. The zero-order valence-corrected chi connectivity index (χ0v) is 14.7. The average molecular weight is 350 g/mol. The van der Waals surface area contributed by atoms with Crippen molar-refractivity contribution >= 4 is 11.9 Å². The van der Waals surface area contributed by atoms with Gasteiger partial charge >= 0.3 is 11.9 Å². The van der Waals surface area contributed by atoms with E-state index in [1.165, 1.54) is 0 Å². The van der Waals surface area contributed by atoms with Crippen LogP contribution in [0.2, 0.25) is 0 Å². The summed E-state index contributed by atoms with van der Waals surface area (Å²) in [6.07, 6.45) is 1.39. The van der Waals surface area contributed by atoms with Crippen LogP contribution in [0, 0.1) is 0 Å². The van der Waals surface area contributed by atoms with Gasteiger partial charge in [-0.15, -0.1) is 0 Å². The van der Waals surface area contributed by atoms with Crippen molar-refractivity contribution in [1.82, 2.24) is 0 Å². The minimum Gasteiger partial charge on any atom is -0.480 e. The number of carboxylic acids is 2. The first kappa shape index (κ1) is 22.8. The van der Waals surface area contributed by atoms with Gasteiger partial charge in [-0.05, 0) is 19.3 Å². The summed E-state index contributed by atoms with van der Waals surface area (Å²) in [7, 11) is 0. The summed E-state index contributed by atoms with van der Waals surface area (Å²) >= 11 is 0. The number of aliphatic carboxylic acids is 2. The van der Waals surface area contributed by atoms with Gasteiger partial charge in [0, 0.05) is 0 Å². The van der Waals surface area contributed by atoms with Crippen molar-refractivity contribution in [1.29, 1.82) is 0 Å². The van der Waals surface area contributed by atoms with Gasteiger partial charge in [-0.1, -0.05) is 20.8 Å². The topological polar surface area (TPSA) is 112 Å². The second-order valence-corrected chi connectivity index (χ2v) is 5.37. The van der Waals surface area contributed by atoms with E-state index in [1.807, 2.05) is 20.8 Å². The number of hydrogen-bond donors (Lipinski definition) is 2. The van der Waals surface area contributed by atoms with E-state index in [9.17, 15) is 9.59 Å². The Labute approximate surface area is 143 Å². The van der Waals surface area contributed by atoms with Crippen LogP contribution in [0.25, 0.3) is 0 Å². The van der Waals surface area contributed by atoms with Crippen LogP contribution in [-0.2, 0) is 28.5 Å². The third-order valence-electron chi connectivity index (χ3n) is 3.38. The lowest BCUT2D eigenvalue weighted by atomic mass is 10.2. The lowest BCUT2D eigenvalue weighted by molar-refractivity contribution is -0.149. The van der Waals surface area contributed by atoms with E-state index in [2.05, 4.69) is 0 Å². The molecule has 0 aliphatic heterocycles. The van der Waals surface area contributed by atoms with Crippen molar-refractivity contribution in [3.8, 4) is 0 Å². The molecule has 0 spiro atoms. The summed E-state index contributed by atoms with van der Waals surface area (Å²) in [5, 5.41) is 17.2. The van der Waals surface area contributed by atoms with E-state index < -0.39 is 11.9 Å². The molecular weight excluding hydrogens is 320 g/mol. The standard InChI is InChI=1S/C16H30O8/c1-4-12(22-9-14(6-3)24-11-16(19)20)7-21-8-13(5-2)23-10-15(17)18/h12-14H,4-11H2,1-3H3,(H,17,18)(H,19,20). The molecule has 0 aliphatic carbocycles. The van der Waals surface area contributed by atoms with Crippen LogP contribution in [-0.4, -0.2) is 73.5 Å². The van der Waals surface area contributed by atoms with Crippen LogP contribution in [0.15, 0.2) is 0 Å². The first-order valence-electron chi connectivity index (χ1n) is 8.28. The largest absolute Gasteiger partial charge is 0.480 e. The molecule has 24 heavy (non-hydrogen) atoms. The SMILES string of the molecule is CCC(COCC(CC)OCC(CC)OCC(=O)O)OCC(=O)O. The normalized spacial score (nSPS) is 15.0. The predicted octanol–water partition coefficient (Wildman–Crippen LogP) is 1.56. The zero-order chi connectivity index (χ0) is 18.4. The fourth-order valence-corrected chi connectivity index (χ4v) is 1.80. The quantitative estimate of drug-likeness (QED) is 0.431. The molecule has 3 atom stereocenters.